The lowest BCUT2D eigenvalue weighted by atomic mass is 10.1. The lowest BCUT2D eigenvalue weighted by molar-refractivity contribution is 0.593. The van der Waals surface area contributed by atoms with Crippen LogP contribution in [0.3, 0.4) is 0 Å². The third-order valence-electron chi connectivity index (χ3n) is 2.23. The highest BCUT2D eigenvalue weighted by molar-refractivity contribution is 7.99. The number of rotatable bonds is 7. The summed E-state index contributed by atoms with van der Waals surface area (Å²) in [6, 6.07) is 0. The molecule has 0 amide bonds. The third-order valence-corrected chi connectivity index (χ3v) is 4.06. The molecular formula is C11H24S. The van der Waals surface area contributed by atoms with Crippen molar-refractivity contribution in [3.8, 4) is 0 Å². The molecule has 0 aromatic rings. The summed E-state index contributed by atoms with van der Waals surface area (Å²) in [6.07, 6.45) is 5.49. The molecule has 0 saturated heterocycles. The standard InChI is InChI=1S/C11H24S/c1-5-7-8-9-12-11(6-2)10(3)4/h10-11H,5-9H2,1-4H3. The van der Waals surface area contributed by atoms with Crippen molar-refractivity contribution < 1.29 is 0 Å². The Morgan fingerprint density at radius 3 is 2.17 bits per heavy atom. The quantitative estimate of drug-likeness (QED) is 0.535. The van der Waals surface area contributed by atoms with Crippen LogP contribution < -0.4 is 0 Å². The van der Waals surface area contributed by atoms with Crippen molar-refractivity contribution in [2.24, 2.45) is 5.92 Å². The van der Waals surface area contributed by atoms with E-state index in [1.54, 1.807) is 0 Å². The largest absolute Gasteiger partial charge is 0.158 e. The Bertz CT molecular complexity index is 89.0. The van der Waals surface area contributed by atoms with Crippen LogP contribution in [-0.4, -0.2) is 11.0 Å². The van der Waals surface area contributed by atoms with Crippen molar-refractivity contribution in [2.45, 2.75) is 58.6 Å². The first-order valence-corrected chi connectivity index (χ1v) is 6.38. The highest BCUT2D eigenvalue weighted by Crippen LogP contribution is 2.23. The maximum absolute atomic E-state index is 2.33. The molecule has 1 unspecified atom stereocenters. The molecular weight excluding hydrogens is 164 g/mol. The second-order valence-electron chi connectivity index (χ2n) is 3.77. The first-order valence-electron chi connectivity index (χ1n) is 5.33. The monoisotopic (exact) mass is 188 g/mol. The van der Waals surface area contributed by atoms with Crippen LogP contribution in [0.2, 0.25) is 0 Å². The van der Waals surface area contributed by atoms with Gasteiger partial charge < -0.3 is 0 Å². The predicted molar refractivity (Wildman–Crippen MR) is 60.9 cm³/mol. The number of hydrogen-bond donors (Lipinski definition) is 0. The van der Waals surface area contributed by atoms with Crippen LogP contribution in [0.4, 0.5) is 0 Å². The first kappa shape index (κ1) is 12.3. The van der Waals surface area contributed by atoms with Crippen molar-refractivity contribution in [1.29, 1.82) is 0 Å². The molecule has 12 heavy (non-hydrogen) atoms. The highest BCUT2D eigenvalue weighted by Gasteiger charge is 2.10. The summed E-state index contributed by atoms with van der Waals surface area (Å²) in [5.41, 5.74) is 0. The van der Waals surface area contributed by atoms with Gasteiger partial charge in [0, 0.05) is 5.25 Å². The Kier molecular flexibility index (Phi) is 8.20. The van der Waals surface area contributed by atoms with Crippen LogP contribution in [0.25, 0.3) is 0 Å². The predicted octanol–water partition coefficient (Wildman–Crippen LogP) is 4.34. The van der Waals surface area contributed by atoms with Gasteiger partial charge in [0.25, 0.3) is 0 Å². The van der Waals surface area contributed by atoms with E-state index in [0.29, 0.717) is 0 Å². The Morgan fingerprint density at radius 2 is 1.75 bits per heavy atom. The van der Waals surface area contributed by atoms with Gasteiger partial charge in [-0.25, -0.2) is 0 Å². The van der Waals surface area contributed by atoms with Crippen LogP contribution in [0.5, 0.6) is 0 Å². The fourth-order valence-electron chi connectivity index (χ4n) is 1.37. The smallest absolute Gasteiger partial charge is 0.00674 e. The van der Waals surface area contributed by atoms with Crippen LogP contribution in [-0.2, 0) is 0 Å². The van der Waals surface area contributed by atoms with Gasteiger partial charge in [-0.2, -0.15) is 11.8 Å². The lowest BCUT2D eigenvalue weighted by Gasteiger charge is -2.17. The van der Waals surface area contributed by atoms with Gasteiger partial charge in [-0.3, -0.25) is 0 Å². The normalized spacial score (nSPS) is 13.8. The van der Waals surface area contributed by atoms with E-state index in [-0.39, 0.29) is 0 Å². The molecule has 0 N–H and O–H groups in total. The molecule has 0 fully saturated rings. The second kappa shape index (κ2) is 7.97. The number of unbranched alkanes of at least 4 members (excludes halogenated alkanes) is 2. The molecule has 0 saturated carbocycles. The molecule has 1 atom stereocenters. The molecule has 0 aromatic carbocycles. The van der Waals surface area contributed by atoms with E-state index in [2.05, 4.69) is 39.5 Å². The van der Waals surface area contributed by atoms with Gasteiger partial charge in [0.2, 0.25) is 0 Å². The molecule has 1 heteroatoms. The maximum Gasteiger partial charge on any atom is 0.00674 e. The Balaban J connectivity index is 3.32. The molecule has 0 nitrogen and oxygen atoms in total. The van der Waals surface area contributed by atoms with Crippen molar-refractivity contribution >= 4 is 11.8 Å². The van der Waals surface area contributed by atoms with Crippen LogP contribution >= 0.6 is 11.8 Å². The van der Waals surface area contributed by atoms with Crippen molar-refractivity contribution in [3.63, 3.8) is 0 Å². The van der Waals surface area contributed by atoms with E-state index >= 15 is 0 Å². The Labute approximate surface area is 82.5 Å². The van der Waals surface area contributed by atoms with Gasteiger partial charge in [-0.05, 0) is 24.5 Å². The fourth-order valence-corrected chi connectivity index (χ4v) is 2.66. The number of hydrogen-bond acceptors (Lipinski definition) is 1. The fraction of sp³-hybridized carbons (Fsp3) is 1.00. The van der Waals surface area contributed by atoms with Gasteiger partial charge in [-0.15, -0.1) is 0 Å². The molecule has 0 radical (unpaired) electrons. The zero-order chi connectivity index (χ0) is 9.40. The maximum atomic E-state index is 2.33. The van der Waals surface area contributed by atoms with Gasteiger partial charge in [0.1, 0.15) is 0 Å². The average Bonchev–Trinajstić information content (AvgIpc) is 2.04. The van der Waals surface area contributed by atoms with Crippen LogP contribution in [0, 0.1) is 5.92 Å². The molecule has 0 bridgehead atoms. The Morgan fingerprint density at radius 1 is 1.08 bits per heavy atom. The minimum absolute atomic E-state index is 0.849. The minimum atomic E-state index is 0.849. The van der Waals surface area contributed by atoms with Gasteiger partial charge >= 0.3 is 0 Å². The topological polar surface area (TPSA) is 0 Å². The zero-order valence-electron chi connectivity index (χ0n) is 9.10. The molecule has 0 aliphatic carbocycles. The average molecular weight is 188 g/mol. The van der Waals surface area contributed by atoms with E-state index in [1.165, 1.54) is 31.4 Å². The molecule has 0 aliphatic heterocycles. The van der Waals surface area contributed by atoms with Gasteiger partial charge in [0.15, 0.2) is 0 Å². The molecule has 74 valence electrons. The molecule has 0 aromatic heterocycles. The molecule has 0 spiro atoms. The molecule has 0 aliphatic rings. The highest BCUT2D eigenvalue weighted by atomic mass is 32.2. The summed E-state index contributed by atoms with van der Waals surface area (Å²) in [6.45, 7) is 9.24. The first-order chi connectivity index (χ1) is 5.72. The van der Waals surface area contributed by atoms with Crippen molar-refractivity contribution in [3.05, 3.63) is 0 Å². The van der Waals surface area contributed by atoms with E-state index in [4.69, 9.17) is 0 Å². The minimum Gasteiger partial charge on any atom is -0.158 e. The lowest BCUT2D eigenvalue weighted by Crippen LogP contribution is -2.10. The van der Waals surface area contributed by atoms with Crippen molar-refractivity contribution in [1.82, 2.24) is 0 Å². The van der Waals surface area contributed by atoms with E-state index in [1.807, 2.05) is 0 Å². The summed E-state index contributed by atoms with van der Waals surface area (Å²) >= 11 is 2.17. The third kappa shape index (κ3) is 5.93. The summed E-state index contributed by atoms with van der Waals surface area (Å²) in [5.74, 6) is 2.21. The van der Waals surface area contributed by atoms with E-state index in [0.717, 1.165) is 11.2 Å². The van der Waals surface area contributed by atoms with E-state index < -0.39 is 0 Å². The van der Waals surface area contributed by atoms with Gasteiger partial charge in [-0.1, -0.05) is 40.5 Å². The summed E-state index contributed by atoms with van der Waals surface area (Å²) in [4.78, 5) is 0. The molecule has 0 heterocycles. The van der Waals surface area contributed by atoms with Crippen LogP contribution in [0.15, 0.2) is 0 Å². The van der Waals surface area contributed by atoms with E-state index in [9.17, 15) is 0 Å². The van der Waals surface area contributed by atoms with Gasteiger partial charge in [0.05, 0.1) is 0 Å². The number of thioether (sulfide) groups is 1. The van der Waals surface area contributed by atoms with Crippen molar-refractivity contribution in [2.75, 3.05) is 5.75 Å². The SMILES string of the molecule is CCCCCSC(CC)C(C)C. The van der Waals surface area contributed by atoms with Crippen LogP contribution in [0.1, 0.15) is 53.4 Å². The summed E-state index contributed by atoms with van der Waals surface area (Å²) < 4.78 is 0. The summed E-state index contributed by atoms with van der Waals surface area (Å²) in [7, 11) is 0. The second-order valence-corrected chi connectivity index (χ2v) is 5.12. The zero-order valence-corrected chi connectivity index (χ0v) is 9.91. The Hall–Kier alpha value is 0.350. The summed E-state index contributed by atoms with van der Waals surface area (Å²) in [5, 5.41) is 0.891. The molecule has 0 rings (SSSR count).